The number of carbonyl (C=O) groups is 1. The molecule has 5 heteroatoms. The number of hydrogen-bond acceptors (Lipinski definition) is 3. The number of hydrogen-bond donors (Lipinski definition) is 1. The summed E-state index contributed by atoms with van der Waals surface area (Å²) in [6, 6.07) is 0. The van der Waals surface area contributed by atoms with E-state index >= 15 is 0 Å². The second-order valence-corrected chi connectivity index (χ2v) is 6.32. The van der Waals surface area contributed by atoms with E-state index in [1.165, 1.54) is 6.42 Å². The predicted molar refractivity (Wildman–Crippen MR) is 72.4 cm³/mol. The lowest BCUT2D eigenvalue weighted by atomic mass is 10.1. The van der Waals surface area contributed by atoms with Crippen molar-refractivity contribution in [2.24, 2.45) is 4.99 Å². The van der Waals surface area contributed by atoms with Gasteiger partial charge >= 0.3 is 0 Å². The Balaban J connectivity index is 1.81. The number of likely N-dealkylation sites (tertiary alicyclic amines) is 1. The molecular weight excluding hydrogens is 234 g/mol. The van der Waals surface area contributed by atoms with E-state index in [0.717, 1.165) is 36.9 Å². The van der Waals surface area contributed by atoms with Gasteiger partial charge in [-0.15, -0.1) is 0 Å². The van der Waals surface area contributed by atoms with Gasteiger partial charge in [-0.2, -0.15) is 0 Å². The van der Waals surface area contributed by atoms with Crippen molar-refractivity contribution in [2.45, 2.75) is 38.6 Å². The monoisotopic (exact) mass is 255 g/mol. The Morgan fingerprint density at radius 3 is 2.71 bits per heavy atom. The number of rotatable bonds is 2. The molecule has 1 amide bonds. The van der Waals surface area contributed by atoms with Crippen LogP contribution in [-0.2, 0) is 4.79 Å². The van der Waals surface area contributed by atoms with Crippen LogP contribution in [0, 0.1) is 0 Å². The van der Waals surface area contributed by atoms with E-state index in [-0.39, 0.29) is 11.4 Å². The molecule has 0 atom stereocenters. The smallest absolute Gasteiger partial charge is 0.244 e. The SMILES string of the molecule is CC1(C)CSC(=NCC(=O)N2CCCCC2)N1. The second kappa shape index (κ2) is 5.29. The molecule has 4 nitrogen and oxygen atoms in total. The van der Waals surface area contributed by atoms with Crippen LogP contribution in [0.25, 0.3) is 0 Å². The summed E-state index contributed by atoms with van der Waals surface area (Å²) in [5.41, 5.74) is 0.109. The topological polar surface area (TPSA) is 44.7 Å². The van der Waals surface area contributed by atoms with Crippen LogP contribution in [0.5, 0.6) is 0 Å². The molecule has 0 spiro atoms. The number of amides is 1. The summed E-state index contributed by atoms with van der Waals surface area (Å²) < 4.78 is 0. The van der Waals surface area contributed by atoms with Crippen LogP contribution in [0.2, 0.25) is 0 Å². The lowest BCUT2D eigenvalue weighted by Crippen LogP contribution is -2.39. The first kappa shape index (κ1) is 12.7. The first-order chi connectivity index (χ1) is 8.07. The molecule has 0 aliphatic carbocycles. The Labute approximate surface area is 107 Å². The van der Waals surface area contributed by atoms with Crippen LogP contribution in [-0.4, -0.2) is 46.9 Å². The van der Waals surface area contributed by atoms with E-state index in [9.17, 15) is 4.79 Å². The molecule has 0 bridgehead atoms. The van der Waals surface area contributed by atoms with Crippen LogP contribution in [0.3, 0.4) is 0 Å². The third-order valence-corrected chi connectivity index (χ3v) is 4.45. The molecule has 0 aromatic rings. The summed E-state index contributed by atoms with van der Waals surface area (Å²) in [7, 11) is 0. The second-order valence-electron chi connectivity index (χ2n) is 5.36. The Hall–Kier alpha value is -0.710. The summed E-state index contributed by atoms with van der Waals surface area (Å²) in [4.78, 5) is 18.2. The maximum Gasteiger partial charge on any atom is 0.244 e. The first-order valence-corrected chi connectivity index (χ1v) is 7.29. The van der Waals surface area contributed by atoms with Crippen molar-refractivity contribution < 1.29 is 4.79 Å². The van der Waals surface area contributed by atoms with Gasteiger partial charge in [0.2, 0.25) is 5.91 Å². The van der Waals surface area contributed by atoms with E-state index in [4.69, 9.17) is 0 Å². The van der Waals surface area contributed by atoms with E-state index in [0.29, 0.717) is 6.54 Å². The molecule has 17 heavy (non-hydrogen) atoms. The summed E-state index contributed by atoms with van der Waals surface area (Å²) in [5.74, 6) is 1.19. The molecule has 0 aromatic heterocycles. The number of piperidine rings is 1. The molecule has 0 radical (unpaired) electrons. The summed E-state index contributed by atoms with van der Waals surface area (Å²) in [6.07, 6.45) is 3.54. The Kier molecular flexibility index (Phi) is 3.97. The molecule has 2 saturated heterocycles. The number of carbonyl (C=O) groups excluding carboxylic acids is 1. The van der Waals surface area contributed by atoms with Crippen molar-refractivity contribution >= 4 is 22.8 Å². The number of thioether (sulfide) groups is 1. The van der Waals surface area contributed by atoms with Gasteiger partial charge in [-0.25, -0.2) is 0 Å². The van der Waals surface area contributed by atoms with Crippen LogP contribution >= 0.6 is 11.8 Å². The highest BCUT2D eigenvalue weighted by Crippen LogP contribution is 2.22. The Bertz CT molecular complexity index is 322. The van der Waals surface area contributed by atoms with E-state index in [2.05, 4.69) is 24.2 Å². The fraction of sp³-hybridized carbons (Fsp3) is 0.833. The van der Waals surface area contributed by atoms with Crippen LogP contribution in [0.4, 0.5) is 0 Å². The van der Waals surface area contributed by atoms with Crippen molar-refractivity contribution in [3.05, 3.63) is 0 Å². The zero-order valence-electron chi connectivity index (χ0n) is 10.7. The van der Waals surface area contributed by atoms with Gasteiger partial charge in [0.05, 0.1) is 0 Å². The van der Waals surface area contributed by atoms with Gasteiger partial charge in [0.15, 0.2) is 5.17 Å². The van der Waals surface area contributed by atoms with E-state index in [1.807, 2.05) is 4.90 Å². The Morgan fingerprint density at radius 2 is 2.12 bits per heavy atom. The van der Waals surface area contributed by atoms with Gasteiger partial charge in [-0.05, 0) is 33.1 Å². The van der Waals surface area contributed by atoms with Crippen molar-refractivity contribution in [3.63, 3.8) is 0 Å². The zero-order chi connectivity index (χ0) is 12.3. The molecule has 0 unspecified atom stereocenters. The number of nitrogens with one attached hydrogen (secondary N) is 1. The quantitative estimate of drug-likeness (QED) is 0.812. The van der Waals surface area contributed by atoms with Crippen molar-refractivity contribution in [2.75, 3.05) is 25.4 Å². The molecule has 2 fully saturated rings. The molecule has 0 saturated carbocycles. The Morgan fingerprint density at radius 1 is 1.41 bits per heavy atom. The maximum absolute atomic E-state index is 11.9. The van der Waals surface area contributed by atoms with Gasteiger partial charge in [-0.1, -0.05) is 11.8 Å². The third kappa shape index (κ3) is 3.63. The minimum atomic E-state index is 0.109. The lowest BCUT2D eigenvalue weighted by Gasteiger charge is -2.26. The van der Waals surface area contributed by atoms with Gasteiger partial charge in [0, 0.05) is 24.4 Å². The van der Waals surface area contributed by atoms with Gasteiger partial charge in [0.25, 0.3) is 0 Å². The highest BCUT2D eigenvalue weighted by molar-refractivity contribution is 8.14. The maximum atomic E-state index is 11.9. The number of amidine groups is 1. The number of aliphatic imine (C=N–C) groups is 1. The van der Waals surface area contributed by atoms with Gasteiger partial charge < -0.3 is 10.2 Å². The fourth-order valence-electron chi connectivity index (χ4n) is 2.08. The van der Waals surface area contributed by atoms with Gasteiger partial charge in [0.1, 0.15) is 6.54 Å². The fourth-order valence-corrected chi connectivity index (χ4v) is 3.15. The zero-order valence-corrected chi connectivity index (χ0v) is 11.5. The van der Waals surface area contributed by atoms with Crippen LogP contribution in [0.1, 0.15) is 33.1 Å². The summed E-state index contributed by atoms with van der Waals surface area (Å²) in [6.45, 7) is 6.42. The summed E-state index contributed by atoms with van der Waals surface area (Å²) >= 11 is 1.71. The van der Waals surface area contributed by atoms with Crippen molar-refractivity contribution in [1.82, 2.24) is 10.2 Å². The normalized spacial score (nSPS) is 26.0. The molecule has 2 aliphatic rings. The summed E-state index contributed by atoms with van der Waals surface area (Å²) in [5, 5.41) is 4.25. The highest BCUT2D eigenvalue weighted by atomic mass is 32.2. The lowest BCUT2D eigenvalue weighted by molar-refractivity contribution is -0.130. The van der Waals surface area contributed by atoms with Crippen LogP contribution in [0.15, 0.2) is 4.99 Å². The standard InChI is InChI=1S/C12H21N3OS/c1-12(2)9-17-11(14-12)13-8-10(16)15-6-4-3-5-7-15/h3-9H2,1-2H3,(H,13,14). The molecule has 2 rings (SSSR count). The van der Waals surface area contributed by atoms with E-state index < -0.39 is 0 Å². The van der Waals surface area contributed by atoms with Crippen molar-refractivity contribution in [3.8, 4) is 0 Å². The van der Waals surface area contributed by atoms with Crippen LogP contribution < -0.4 is 5.32 Å². The van der Waals surface area contributed by atoms with Crippen molar-refractivity contribution in [1.29, 1.82) is 0 Å². The minimum absolute atomic E-state index is 0.109. The average molecular weight is 255 g/mol. The van der Waals surface area contributed by atoms with E-state index in [1.54, 1.807) is 11.8 Å². The highest BCUT2D eigenvalue weighted by Gasteiger charge is 2.27. The molecular formula is C12H21N3OS. The first-order valence-electron chi connectivity index (χ1n) is 6.30. The molecule has 96 valence electrons. The largest absolute Gasteiger partial charge is 0.359 e. The molecule has 2 heterocycles. The average Bonchev–Trinajstić information content (AvgIpc) is 2.67. The number of nitrogens with zero attached hydrogens (tertiary/aromatic N) is 2. The molecule has 1 N–H and O–H groups in total. The third-order valence-electron chi connectivity index (χ3n) is 3.08. The molecule has 2 aliphatic heterocycles. The molecule has 0 aromatic carbocycles. The minimum Gasteiger partial charge on any atom is -0.359 e. The predicted octanol–water partition coefficient (Wildman–Crippen LogP) is 1.47. The van der Waals surface area contributed by atoms with Gasteiger partial charge in [-0.3, -0.25) is 9.79 Å².